The predicted molar refractivity (Wildman–Crippen MR) is 111 cm³/mol. The predicted octanol–water partition coefficient (Wildman–Crippen LogP) is 4.69. The minimum absolute atomic E-state index is 0.347. The highest BCUT2D eigenvalue weighted by Crippen LogP contribution is 2.62. The monoisotopic (exact) mass is 395 g/mol. The van der Waals surface area contributed by atoms with E-state index in [1.807, 2.05) is 30.3 Å². The van der Waals surface area contributed by atoms with Crippen molar-refractivity contribution in [1.82, 2.24) is 5.32 Å². The van der Waals surface area contributed by atoms with Gasteiger partial charge in [-0.15, -0.1) is 0 Å². The molecule has 0 aromatic heterocycles. The molecular weight excluding hydrogens is 373 g/mol. The number of guanidine groups is 1. The van der Waals surface area contributed by atoms with E-state index in [4.69, 9.17) is 20.2 Å². The maximum atomic E-state index is 14.3. The van der Waals surface area contributed by atoms with Crippen LogP contribution >= 0.6 is 7.60 Å². The fraction of sp³-hybridized carbons (Fsp3) is 0.0952. The fourth-order valence-electron chi connectivity index (χ4n) is 2.77. The number of benzene rings is 3. The van der Waals surface area contributed by atoms with E-state index in [9.17, 15) is 4.57 Å². The Hall–Kier alpha value is -3.24. The summed E-state index contributed by atoms with van der Waals surface area (Å²) in [5.74, 6) is 0.420. The van der Waals surface area contributed by atoms with Crippen LogP contribution in [0.3, 0.4) is 0 Å². The standard InChI is InChI=1S/C21H22N3O3P/c1-21(24-20(22)23,17-11-5-2-6-12-17)28(25,26-18-13-7-3-8-14-18)27-19-15-9-4-10-16-19/h2-16H,1H3,(H4,22,23,24). The maximum absolute atomic E-state index is 14.3. The number of nitrogens with two attached hydrogens (primary N) is 1. The SMILES string of the molecule is CC(NC(=N)N)(c1ccccc1)P(=O)(Oc1ccccc1)Oc1ccccc1. The Balaban J connectivity index is 2.13. The summed E-state index contributed by atoms with van der Waals surface area (Å²) in [6.45, 7) is 1.65. The van der Waals surface area contributed by atoms with Crippen molar-refractivity contribution < 1.29 is 13.6 Å². The molecule has 0 saturated heterocycles. The van der Waals surface area contributed by atoms with Crippen LogP contribution in [-0.4, -0.2) is 5.96 Å². The summed E-state index contributed by atoms with van der Waals surface area (Å²) >= 11 is 0. The molecule has 0 spiro atoms. The van der Waals surface area contributed by atoms with Crippen LogP contribution in [0.1, 0.15) is 12.5 Å². The van der Waals surface area contributed by atoms with Gasteiger partial charge < -0.3 is 20.1 Å². The average molecular weight is 395 g/mol. The number of hydrogen-bond donors (Lipinski definition) is 3. The lowest BCUT2D eigenvalue weighted by Crippen LogP contribution is -2.48. The van der Waals surface area contributed by atoms with E-state index in [0.717, 1.165) is 0 Å². The molecule has 0 aliphatic rings. The van der Waals surface area contributed by atoms with Gasteiger partial charge in [0.05, 0.1) is 0 Å². The highest BCUT2D eigenvalue weighted by atomic mass is 31.2. The van der Waals surface area contributed by atoms with Gasteiger partial charge in [0.15, 0.2) is 11.2 Å². The van der Waals surface area contributed by atoms with E-state index in [0.29, 0.717) is 17.1 Å². The Bertz CT molecular complexity index is 922. The van der Waals surface area contributed by atoms with E-state index in [-0.39, 0.29) is 5.96 Å². The molecule has 3 rings (SSSR count). The van der Waals surface area contributed by atoms with Crippen LogP contribution in [0, 0.1) is 5.41 Å². The van der Waals surface area contributed by atoms with Crippen LogP contribution < -0.4 is 20.1 Å². The van der Waals surface area contributed by atoms with Crippen LogP contribution in [0.25, 0.3) is 0 Å². The molecule has 144 valence electrons. The number of para-hydroxylation sites is 2. The molecule has 6 nitrogen and oxygen atoms in total. The van der Waals surface area contributed by atoms with E-state index < -0.39 is 12.9 Å². The molecular formula is C21H22N3O3P. The molecule has 0 radical (unpaired) electrons. The Morgan fingerprint density at radius 1 is 0.857 bits per heavy atom. The van der Waals surface area contributed by atoms with E-state index in [1.165, 1.54) is 0 Å². The molecule has 0 aliphatic carbocycles. The third-order valence-corrected chi connectivity index (χ3v) is 6.57. The Morgan fingerprint density at radius 2 is 1.25 bits per heavy atom. The third kappa shape index (κ3) is 4.18. The summed E-state index contributed by atoms with van der Waals surface area (Å²) in [6.07, 6.45) is 0. The molecule has 28 heavy (non-hydrogen) atoms. The van der Waals surface area contributed by atoms with Crippen LogP contribution in [0.5, 0.6) is 11.5 Å². The molecule has 0 fully saturated rings. The van der Waals surface area contributed by atoms with Crippen LogP contribution in [0.2, 0.25) is 0 Å². The maximum Gasteiger partial charge on any atom is 0.460 e. The molecule has 3 aromatic rings. The van der Waals surface area contributed by atoms with Gasteiger partial charge in [0.2, 0.25) is 0 Å². The second-order valence-electron chi connectivity index (χ2n) is 6.28. The van der Waals surface area contributed by atoms with Gasteiger partial charge in [0.25, 0.3) is 0 Å². The molecule has 4 N–H and O–H groups in total. The first-order valence-electron chi connectivity index (χ1n) is 8.70. The minimum Gasteiger partial charge on any atom is -0.414 e. The number of nitrogens with one attached hydrogen (secondary N) is 2. The summed E-state index contributed by atoms with van der Waals surface area (Å²) in [4.78, 5) is 0. The van der Waals surface area contributed by atoms with Crippen LogP contribution in [0.15, 0.2) is 91.0 Å². The van der Waals surface area contributed by atoms with Gasteiger partial charge in [-0.05, 0) is 36.8 Å². The first-order chi connectivity index (χ1) is 13.4. The first-order valence-corrected chi connectivity index (χ1v) is 10.2. The van der Waals surface area contributed by atoms with Gasteiger partial charge in [-0.1, -0.05) is 66.7 Å². The highest BCUT2D eigenvalue weighted by molar-refractivity contribution is 7.56. The quantitative estimate of drug-likeness (QED) is 0.306. The van der Waals surface area contributed by atoms with Gasteiger partial charge in [-0.25, -0.2) is 4.57 Å². The Kier molecular flexibility index (Phi) is 5.71. The van der Waals surface area contributed by atoms with Gasteiger partial charge in [-0.3, -0.25) is 5.41 Å². The van der Waals surface area contributed by atoms with Crippen molar-refractivity contribution in [2.24, 2.45) is 5.73 Å². The van der Waals surface area contributed by atoms with E-state index in [2.05, 4.69) is 5.32 Å². The average Bonchev–Trinajstić information content (AvgIpc) is 2.69. The Labute approximate surface area is 164 Å². The second kappa shape index (κ2) is 8.19. The van der Waals surface area contributed by atoms with Crippen molar-refractivity contribution >= 4 is 13.6 Å². The van der Waals surface area contributed by atoms with Crippen molar-refractivity contribution in [3.05, 3.63) is 96.6 Å². The van der Waals surface area contributed by atoms with Crippen LogP contribution in [-0.2, 0) is 9.85 Å². The minimum atomic E-state index is -3.99. The smallest absolute Gasteiger partial charge is 0.414 e. The molecule has 1 atom stereocenters. The summed E-state index contributed by atoms with van der Waals surface area (Å²) < 4.78 is 26.1. The molecule has 0 bridgehead atoms. The van der Waals surface area contributed by atoms with Crippen LogP contribution in [0.4, 0.5) is 0 Å². The first kappa shape index (κ1) is 19.5. The summed E-state index contributed by atoms with van der Waals surface area (Å²) in [5.41, 5.74) is 6.25. The normalized spacial score (nSPS) is 13.2. The zero-order chi connectivity index (χ0) is 20.0. The van der Waals surface area contributed by atoms with Crippen molar-refractivity contribution in [3.63, 3.8) is 0 Å². The lowest BCUT2D eigenvalue weighted by molar-refractivity contribution is 0.337. The molecule has 0 saturated carbocycles. The number of hydrogen-bond acceptors (Lipinski definition) is 4. The molecule has 0 amide bonds. The molecule has 3 aromatic carbocycles. The molecule has 0 aliphatic heterocycles. The van der Waals surface area contributed by atoms with Crippen molar-refractivity contribution in [1.29, 1.82) is 5.41 Å². The van der Waals surface area contributed by atoms with E-state index in [1.54, 1.807) is 67.6 Å². The molecule has 7 heteroatoms. The third-order valence-electron chi connectivity index (χ3n) is 4.20. The van der Waals surface area contributed by atoms with Gasteiger partial charge in [0.1, 0.15) is 11.5 Å². The molecule has 0 heterocycles. The zero-order valence-electron chi connectivity index (χ0n) is 15.4. The zero-order valence-corrected chi connectivity index (χ0v) is 16.3. The fourth-order valence-corrected chi connectivity index (χ4v) is 4.69. The van der Waals surface area contributed by atoms with Gasteiger partial charge in [0, 0.05) is 0 Å². The van der Waals surface area contributed by atoms with Gasteiger partial charge >= 0.3 is 7.60 Å². The Morgan fingerprint density at radius 3 is 1.64 bits per heavy atom. The second-order valence-corrected chi connectivity index (χ2v) is 8.54. The lowest BCUT2D eigenvalue weighted by Gasteiger charge is -2.37. The highest BCUT2D eigenvalue weighted by Gasteiger charge is 2.52. The van der Waals surface area contributed by atoms with E-state index >= 15 is 0 Å². The van der Waals surface area contributed by atoms with Crippen molar-refractivity contribution in [2.45, 2.75) is 12.2 Å². The molecule has 1 unspecified atom stereocenters. The largest absolute Gasteiger partial charge is 0.460 e. The summed E-state index contributed by atoms with van der Waals surface area (Å²) in [7, 11) is -3.99. The lowest BCUT2D eigenvalue weighted by atomic mass is 10.1. The number of rotatable bonds is 7. The van der Waals surface area contributed by atoms with Crippen molar-refractivity contribution in [2.75, 3.05) is 0 Å². The topological polar surface area (TPSA) is 97.4 Å². The summed E-state index contributed by atoms with van der Waals surface area (Å²) in [6, 6.07) is 26.6. The van der Waals surface area contributed by atoms with Crippen molar-refractivity contribution in [3.8, 4) is 11.5 Å². The summed E-state index contributed by atoms with van der Waals surface area (Å²) in [5, 5.41) is 9.16. The van der Waals surface area contributed by atoms with Gasteiger partial charge in [-0.2, -0.15) is 0 Å².